The van der Waals surface area contributed by atoms with E-state index in [4.69, 9.17) is 11.6 Å². The Labute approximate surface area is 197 Å². The molecule has 0 bridgehead atoms. The van der Waals surface area contributed by atoms with Crippen molar-refractivity contribution in [3.8, 4) is 0 Å². The van der Waals surface area contributed by atoms with Crippen molar-refractivity contribution in [2.75, 3.05) is 16.8 Å². The molecule has 0 unspecified atom stereocenters. The Hall–Kier alpha value is -2.91. The van der Waals surface area contributed by atoms with Gasteiger partial charge in [0, 0.05) is 11.6 Å². The fourth-order valence-electron chi connectivity index (χ4n) is 6.47. The van der Waals surface area contributed by atoms with Gasteiger partial charge in [0.2, 0.25) is 11.8 Å². The molecule has 176 valence electrons. The fraction of sp³-hybridized carbons (Fsp3) is 0.375. The second-order valence-corrected chi connectivity index (χ2v) is 9.76. The van der Waals surface area contributed by atoms with Crippen molar-refractivity contribution < 1.29 is 27.6 Å². The fourth-order valence-corrected chi connectivity index (χ4v) is 6.79. The van der Waals surface area contributed by atoms with Crippen molar-refractivity contribution in [2.45, 2.75) is 37.5 Å². The summed E-state index contributed by atoms with van der Waals surface area (Å²) in [6.07, 6.45) is -3.27. The number of halogens is 4. The van der Waals surface area contributed by atoms with E-state index in [0.717, 1.165) is 29.0 Å². The number of aryl methyl sites for hydroxylation is 1. The monoisotopic (exact) mass is 489 g/mol. The summed E-state index contributed by atoms with van der Waals surface area (Å²) in [5, 5.41) is 3.17. The highest BCUT2D eigenvalue weighted by Crippen LogP contribution is 2.61. The Kier molecular flexibility index (Phi) is 4.34. The van der Waals surface area contributed by atoms with Crippen LogP contribution in [0.1, 0.15) is 29.5 Å². The predicted octanol–water partition coefficient (Wildman–Crippen LogP) is 4.10. The number of carbonyl (C=O) groups excluding carboxylic acids is 3. The highest BCUT2D eigenvalue weighted by Gasteiger charge is 2.74. The molecule has 6 rings (SSSR count). The summed E-state index contributed by atoms with van der Waals surface area (Å²) in [7, 11) is 0. The van der Waals surface area contributed by atoms with E-state index in [9.17, 15) is 27.6 Å². The summed E-state index contributed by atoms with van der Waals surface area (Å²) in [5.74, 6) is -3.55. The quantitative estimate of drug-likeness (QED) is 0.612. The van der Waals surface area contributed by atoms with Crippen LogP contribution in [0.2, 0.25) is 5.02 Å². The van der Waals surface area contributed by atoms with Crippen molar-refractivity contribution in [1.82, 2.24) is 4.90 Å². The lowest BCUT2D eigenvalue weighted by molar-refractivity contribution is -0.137. The van der Waals surface area contributed by atoms with Crippen LogP contribution in [0.25, 0.3) is 0 Å². The first-order valence-electron chi connectivity index (χ1n) is 11.0. The standard InChI is InChI=1S/C24H19ClF3N3O3/c1-11-8-14-19(15(25)9-11)29-22(34)23(14)18-17(16-6-3-7-30(16)23)20(32)31(21(18)33)13-5-2-4-12(10-13)24(26,27)28/h2,4-5,8-10,16-18H,3,6-7H2,1H3,(H,29,34)/t16-,17+,18-,23+/m1/s1. The molecule has 4 heterocycles. The number of hydrogen-bond acceptors (Lipinski definition) is 4. The van der Waals surface area contributed by atoms with Gasteiger partial charge >= 0.3 is 6.18 Å². The predicted molar refractivity (Wildman–Crippen MR) is 117 cm³/mol. The molecule has 4 atom stereocenters. The minimum atomic E-state index is -4.63. The van der Waals surface area contributed by atoms with Gasteiger partial charge in [0.15, 0.2) is 0 Å². The van der Waals surface area contributed by atoms with Gasteiger partial charge in [-0.1, -0.05) is 23.7 Å². The second kappa shape index (κ2) is 6.82. The van der Waals surface area contributed by atoms with Gasteiger partial charge in [0.25, 0.3) is 5.91 Å². The van der Waals surface area contributed by atoms with Crippen molar-refractivity contribution in [3.05, 3.63) is 58.1 Å². The minimum Gasteiger partial charge on any atom is -0.323 e. The molecule has 34 heavy (non-hydrogen) atoms. The molecule has 3 amide bonds. The SMILES string of the molecule is Cc1cc(Cl)c2c(c1)[C@@]1(C(=O)N2)[C@H]2C(=O)N(c3cccc(C(F)(F)F)c3)C(=O)[C@H]2[C@H]2CCCN21. The second-order valence-electron chi connectivity index (χ2n) is 9.36. The van der Waals surface area contributed by atoms with Crippen LogP contribution in [-0.2, 0) is 26.1 Å². The van der Waals surface area contributed by atoms with Gasteiger partial charge in [-0.25, -0.2) is 4.90 Å². The van der Waals surface area contributed by atoms with E-state index in [1.54, 1.807) is 6.07 Å². The number of benzene rings is 2. The summed E-state index contributed by atoms with van der Waals surface area (Å²) in [6, 6.07) is 7.33. The third-order valence-corrected chi connectivity index (χ3v) is 7.93. The van der Waals surface area contributed by atoms with Crippen LogP contribution < -0.4 is 10.2 Å². The number of carbonyl (C=O) groups is 3. The van der Waals surface area contributed by atoms with E-state index in [0.29, 0.717) is 29.2 Å². The Morgan fingerprint density at radius 3 is 2.62 bits per heavy atom. The van der Waals surface area contributed by atoms with E-state index < -0.39 is 46.8 Å². The molecule has 3 fully saturated rings. The average molecular weight is 490 g/mol. The normalized spacial score (nSPS) is 30.2. The maximum atomic E-state index is 13.9. The van der Waals surface area contributed by atoms with Crippen LogP contribution in [0.5, 0.6) is 0 Å². The average Bonchev–Trinajstić information content (AvgIpc) is 3.47. The lowest BCUT2D eigenvalue weighted by atomic mass is 9.75. The zero-order valence-corrected chi connectivity index (χ0v) is 18.7. The third kappa shape index (κ3) is 2.54. The Morgan fingerprint density at radius 1 is 1.12 bits per heavy atom. The molecule has 1 N–H and O–H groups in total. The number of nitrogens with zero attached hydrogens (tertiary/aromatic N) is 2. The summed E-state index contributed by atoms with van der Waals surface area (Å²) < 4.78 is 40.0. The highest BCUT2D eigenvalue weighted by atomic mass is 35.5. The maximum Gasteiger partial charge on any atom is 0.416 e. The molecule has 3 saturated heterocycles. The first kappa shape index (κ1) is 21.6. The number of rotatable bonds is 1. The van der Waals surface area contributed by atoms with Crippen LogP contribution >= 0.6 is 11.6 Å². The molecule has 2 aromatic rings. The molecule has 0 aromatic heterocycles. The van der Waals surface area contributed by atoms with Crippen molar-refractivity contribution in [3.63, 3.8) is 0 Å². The van der Waals surface area contributed by atoms with Gasteiger partial charge in [0.05, 0.1) is 33.8 Å². The first-order valence-corrected chi connectivity index (χ1v) is 11.4. The molecule has 0 radical (unpaired) electrons. The summed E-state index contributed by atoms with van der Waals surface area (Å²) in [4.78, 5) is 43.9. The third-order valence-electron chi connectivity index (χ3n) is 7.63. The number of fused-ring (bicyclic) bond motifs is 7. The first-order chi connectivity index (χ1) is 16.1. The number of nitrogens with one attached hydrogen (secondary N) is 1. The Morgan fingerprint density at radius 2 is 1.88 bits per heavy atom. The van der Waals surface area contributed by atoms with Gasteiger partial charge < -0.3 is 5.32 Å². The lowest BCUT2D eigenvalue weighted by Crippen LogP contribution is -2.54. The molecule has 0 aliphatic carbocycles. The van der Waals surface area contributed by atoms with Gasteiger partial charge in [-0.05, 0) is 56.1 Å². The molecular weight excluding hydrogens is 471 g/mol. The van der Waals surface area contributed by atoms with Crippen LogP contribution in [0.15, 0.2) is 36.4 Å². The lowest BCUT2D eigenvalue weighted by Gasteiger charge is -2.36. The topological polar surface area (TPSA) is 69.7 Å². The summed E-state index contributed by atoms with van der Waals surface area (Å²) in [6.45, 7) is 2.35. The largest absolute Gasteiger partial charge is 0.416 e. The van der Waals surface area contributed by atoms with E-state index in [1.807, 2.05) is 17.9 Å². The molecule has 0 saturated carbocycles. The number of amides is 3. The zero-order chi connectivity index (χ0) is 24.2. The van der Waals surface area contributed by atoms with Crippen molar-refractivity contribution >= 4 is 40.7 Å². The molecule has 2 aromatic carbocycles. The number of imide groups is 1. The minimum absolute atomic E-state index is 0.139. The van der Waals surface area contributed by atoms with E-state index in [2.05, 4.69) is 5.32 Å². The number of hydrogen-bond donors (Lipinski definition) is 1. The van der Waals surface area contributed by atoms with Crippen LogP contribution in [0, 0.1) is 18.8 Å². The molecule has 10 heteroatoms. The number of anilines is 2. The highest BCUT2D eigenvalue weighted by molar-refractivity contribution is 6.35. The van der Waals surface area contributed by atoms with E-state index in [-0.39, 0.29) is 11.7 Å². The van der Waals surface area contributed by atoms with Gasteiger partial charge in [-0.3, -0.25) is 19.3 Å². The van der Waals surface area contributed by atoms with Gasteiger partial charge in [-0.2, -0.15) is 13.2 Å². The van der Waals surface area contributed by atoms with Crippen molar-refractivity contribution in [2.24, 2.45) is 11.8 Å². The van der Waals surface area contributed by atoms with Crippen LogP contribution in [0.3, 0.4) is 0 Å². The van der Waals surface area contributed by atoms with Gasteiger partial charge in [0.1, 0.15) is 5.54 Å². The van der Waals surface area contributed by atoms with Gasteiger partial charge in [-0.15, -0.1) is 0 Å². The molecule has 4 aliphatic heterocycles. The summed E-state index contributed by atoms with van der Waals surface area (Å²) >= 11 is 6.44. The molecule has 4 aliphatic rings. The Bertz CT molecular complexity index is 1300. The van der Waals surface area contributed by atoms with Crippen LogP contribution in [0.4, 0.5) is 24.5 Å². The zero-order valence-electron chi connectivity index (χ0n) is 17.9. The molecule has 1 spiro atoms. The smallest absolute Gasteiger partial charge is 0.323 e. The number of alkyl halides is 3. The van der Waals surface area contributed by atoms with E-state index >= 15 is 0 Å². The summed E-state index contributed by atoms with van der Waals surface area (Å²) in [5.41, 5.74) is -0.758. The molecule has 6 nitrogen and oxygen atoms in total. The Balaban J connectivity index is 1.54. The van der Waals surface area contributed by atoms with E-state index in [1.165, 1.54) is 12.1 Å². The van der Waals surface area contributed by atoms with Crippen molar-refractivity contribution in [1.29, 1.82) is 0 Å². The van der Waals surface area contributed by atoms with Crippen LogP contribution in [-0.4, -0.2) is 35.2 Å². The maximum absolute atomic E-state index is 13.9. The molecular formula is C24H19ClF3N3O3.